The molecule has 0 radical (unpaired) electrons. The Morgan fingerprint density at radius 1 is 1.88 bits per heavy atom. The van der Waals surface area contributed by atoms with E-state index in [2.05, 4.69) is 0 Å². The Morgan fingerprint density at radius 3 is 2.62 bits per heavy atom. The average Bonchev–Trinajstić information content (AvgIpc) is 1.85. The Hall–Kier alpha value is -0.790. The van der Waals surface area contributed by atoms with Gasteiger partial charge in [-0.3, -0.25) is 4.79 Å². The van der Waals surface area contributed by atoms with E-state index in [1.807, 2.05) is 6.92 Å². The van der Waals surface area contributed by atoms with Crippen molar-refractivity contribution in [3.63, 3.8) is 0 Å². The average molecular weight is 112 g/mol. The van der Waals surface area contributed by atoms with Crippen molar-refractivity contribution < 1.29 is 9.90 Å². The summed E-state index contributed by atoms with van der Waals surface area (Å²) >= 11 is 0. The number of rotatable bonds is 0. The Morgan fingerprint density at radius 2 is 2.50 bits per heavy atom. The molecule has 0 heterocycles. The molecule has 0 saturated heterocycles. The predicted octanol–water partition coefficient (Wildman–Crippen LogP) is 1.04. The van der Waals surface area contributed by atoms with Gasteiger partial charge in [-0.05, 0) is 0 Å². The number of allylic oxidation sites excluding steroid dienone is 2. The SMILES string of the molecule is CC1CC(=O)C=C1O. The quantitative estimate of drug-likeness (QED) is 0.508. The van der Waals surface area contributed by atoms with Gasteiger partial charge < -0.3 is 5.11 Å². The highest BCUT2D eigenvalue weighted by atomic mass is 16.3. The summed E-state index contributed by atoms with van der Waals surface area (Å²) in [6.07, 6.45) is 1.77. The zero-order chi connectivity index (χ0) is 6.15. The van der Waals surface area contributed by atoms with Crippen LogP contribution in [-0.4, -0.2) is 10.9 Å². The summed E-state index contributed by atoms with van der Waals surface area (Å²) in [4.78, 5) is 10.4. The van der Waals surface area contributed by atoms with Crippen molar-refractivity contribution in [1.29, 1.82) is 0 Å². The second-order valence-corrected chi connectivity index (χ2v) is 2.14. The first-order valence-corrected chi connectivity index (χ1v) is 2.63. The fraction of sp³-hybridized carbons (Fsp3) is 0.500. The molecule has 1 atom stereocenters. The number of aliphatic hydroxyl groups excluding tert-OH is 1. The standard InChI is InChI=1S/C6H8O2/c1-4-2-5(7)3-6(4)8/h3-4,8H,2H2,1H3. The number of hydrogen-bond donors (Lipinski definition) is 1. The van der Waals surface area contributed by atoms with Crippen molar-refractivity contribution in [1.82, 2.24) is 0 Å². The predicted molar refractivity (Wildman–Crippen MR) is 29.5 cm³/mol. The molecule has 2 heteroatoms. The maximum atomic E-state index is 10.4. The van der Waals surface area contributed by atoms with Gasteiger partial charge in [0.2, 0.25) is 0 Å². The maximum Gasteiger partial charge on any atom is 0.159 e. The summed E-state index contributed by atoms with van der Waals surface area (Å²) in [5.74, 6) is 0.326. The van der Waals surface area contributed by atoms with Gasteiger partial charge in [-0.1, -0.05) is 6.92 Å². The van der Waals surface area contributed by atoms with Crippen LogP contribution in [0.25, 0.3) is 0 Å². The molecule has 0 aromatic carbocycles. The number of aliphatic hydroxyl groups is 1. The first-order valence-electron chi connectivity index (χ1n) is 2.63. The van der Waals surface area contributed by atoms with Crippen molar-refractivity contribution in [2.45, 2.75) is 13.3 Å². The summed E-state index contributed by atoms with van der Waals surface area (Å²) < 4.78 is 0. The second-order valence-electron chi connectivity index (χ2n) is 2.14. The van der Waals surface area contributed by atoms with Crippen molar-refractivity contribution >= 4 is 5.78 Å². The first-order chi connectivity index (χ1) is 3.70. The fourth-order valence-corrected chi connectivity index (χ4v) is 0.772. The lowest BCUT2D eigenvalue weighted by molar-refractivity contribution is -0.114. The molecule has 0 saturated carbocycles. The summed E-state index contributed by atoms with van der Waals surface area (Å²) in [7, 11) is 0. The van der Waals surface area contributed by atoms with Crippen LogP contribution in [0.4, 0.5) is 0 Å². The molecular weight excluding hydrogens is 104 g/mol. The third-order valence-electron chi connectivity index (χ3n) is 1.32. The van der Waals surface area contributed by atoms with Gasteiger partial charge in [-0.25, -0.2) is 0 Å². The van der Waals surface area contributed by atoms with Gasteiger partial charge in [0, 0.05) is 18.4 Å². The lowest BCUT2D eigenvalue weighted by atomic mass is 10.1. The van der Waals surface area contributed by atoms with Gasteiger partial charge in [0.15, 0.2) is 5.78 Å². The molecule has 0 aromatic heterocycles. The summed E-state index contributed by atoms with van der Waals surface area (Å²) in [6, 6.07) is 0. The maximum absolute atomic E-state index is 10.4. The minimum Gasteiger partial charge on any atom is -0.512 e. The Labute approximate surface area is 47.8 Å². The van der Waals surface area contributed by atoms with Gasteiger partial charge in [-0.15, -0.1) is 0 Å². The summed E-state index contributed by atoms with van der Waals surface area (Å²) in [5, 5.41) is 8.81. The third-order valence-corrected chi connectivity index (χ3v) is 1.32. The van der Waals surface area contributed by atoms with Crippen LogP contribution in [0, 0.1) is 5.92 Å². The van der Waals surface area contributed by atoms with E-state index in [4.69, 9.17) is 5.11 Å². The Balaban J connectivity index is 2.73. The van der Waals surface area contributed by atoms with Crippen molar-refractivity contribution in [2.24, 2.45) is 5.92 Å². The van der Waals surface area contributed by atoms with Crippen LogP contribution in [0.3, 0.4) is 0 Å². The van der Waals surface area contributed by atoms with Gasteiger partial charge in [0.1, 0.15) is 0 Å². The van der Waals surface area contributed by atoms with Crippen molar-refractivity contribution in [2.75, 3.05) is 0 Å². The van der Waals surface area contributed by atoms with E-state index in [1.54, 1.807) is 0 Å². The highest BCUT2D eigenvalue weighted by Gasteiger charge is 2.18. The van der Waals surface area contributed by atoms with E-state index in [1.165, 1.54) is 6.08 Å². The molecule has 0 aliphatic heterocycles. The normalized spacial score (nSPS) is 28.4. The molecule has 1 rings (SSSR count). The smallest absolute Gasteiger partial charge is 0.159 e. The van der Waals surface area contributed by atoms with Crippen LogP contribution in [0.1, 0.15) is 13.3 Å². The molecule has 1 N–H and O–H groups in total. The number of hydrogen-bond acceptors (Lipinski definition) is 2. The van der Waals surface area contributed by atoms with Crippen LogP contribution in [0.15, 0.2) is 11.8 Å². The molecule has 1 aliphatic rings. The van der Waals surface area contributed by atoms with Crippen LogP contribution in [0.5, 0.6) is 0 Å². The van der Waals surface area contributed by atoms with Gasteiger partial charge in [0.25, 0.3) is 0 Å². The third kappa shape index (κ3) is 0.735. The Bertz CT molecular complexity index is 147. The van der Waals surface area contributed by atoms with Gasteiger partial charge in [-0.2, -0.15) is 0 Å². The van der Waals surface area contributed by atoms with E-state index in [-0.39, 0.29) is 17.5 Å². The molecule has 2 nitrogen and oxygen atoms in total. The van der Waals surface area contributed by atoms with E-state index < -0.39 is 0 Å². The van der Waals surface area contributed by atoms with E-state index in [0.29, 0.717) is 6.42 Å². The molecule has 44 valence electrons. The van der Waals surface area contributed by atoms with Gasteiger partial charge in [0.05, 0.1) is 5.76 Å². The Kier molecular flexibility index (Phi) is 1.08. The van der Waals surface area contributed by atoms with Crippen LogP contribution < -0.4 is 0 Å². The van der Waals surface area contributed by atoms with E-state index in [9.17, 15) is 4.79 Å². The highest BCUT2D eigenvalue weighted by Crippen LogP contribution is 2.19. The van der Waals surface area contributed by atoms with Gasteiger partial charge >= 0.3 is 0 Å². The lowest BCUT2D eigenvalue weighted by Gasteiger charge is -1.96. The van der Waals surface area contributed by atoms with Crippen molar-refractivity contribution in [3.8, 4) is 0 Å². The topological polar surface area (TPSA) is 37.3 Å². The summed E-state index contributed by atoms with van der Waals surface area (Å²) in [6.45, 7) is 1.83. The molecule has 0 amide bonds. The zero-order valence-electron chi connectivity index (χ0n) is 4.72. The molecule has 0 bridgehead atoms. The second kappa shape index (κ2) is 1.62. The summed E-state index contributed by atoms with van der Waals surface area (Å²) in [5.41, 5.74) is 0. The minimum absolute atomic E-state index is 0.0370. The zero-order valence-corrected chi connectivity index (χ0v) is 4.72. The molecule has 1 aliphatic carbocycles. The largest absolute Gasteiger partial charge is 0.512 e. The molecule has 8 heavy (non-hydrogen) atoms. The monoisotopic (exact) mass is 112 g/mol. The molecule has 0 aromatic rings. The van der Waals surface area contributed by atoms with Crippen LogP contribution in [-0.2, 0) is 4.79 Å². The van der Waals surface area contributed by atoms with E-state index in [0.717, 1.165) is 0 Å². The molecule has 0 spiro atoms. The van der Waals surface area contributed by atoms with Crippen LogP contribution >= 0.6 is 0 Å². The molecular formula is C6H8O2. The van der Waals surface area contributed by atoms with Crippen molar-refractivity contribution in [3.05, 3.63) is 11.8 Å². The number of carbonyl (C=O) groups excluding carboxylic acids is 1. The highest BCUT2D eigenvalue weighted by molar-refractivity contribution is 5.92. The lowest BCUT2D eigenvalue weighted by Crippen LogP contribution is -1.92. The number of carbonyl (C=O) groups is 1. The number of ketones is 1. The first kappa shape index (κ1) is 5.35. The van der Waals surface area contributed by atoms with E-state index >= 15 is 0 Å². The minimum atomic E-state index is 0.0370. The molecule has 1 unspecified atom stereocenters. The molecule has 0 fully saturated rings. The fourth-order valence-electron chi connectivity index (χ4n) is 0.772. The van der Waals surface area contributed by atoms with Crippen LogP contribution in [0.2, 0.25) is 0 Å².